The summed E-state index contributed by atoms with van der Waals surface area (Å²) in [6.07, 6.45) is 2.99. The van der Waals surface area contributed by atoms with E-state index < -0.39 is 5.60 Å². The molecule has 0 aliphatic carbocycles. The first-order valence-electron chi connectivity index (χ1n) is 8.46. The Balaban J connectivity index is 1.81. The van der Waals surface area contributed by atoms with E-state index in [4.69, 9.17) is 10.5 Å². The Bertz CT molecular complexity index is 605. The summed E-state index contributed by atoms with van der Waals surface area (Å²) in [5, 5.41) is 0. The van der Waals surface area contributed by atoms with Crippen LogP contribution in [0.4, 0.5) is 10.5 Å². The summed E-state index contributed by atoms with van der Waals surface area (Å²) in [7, 11) is 1.78. The van der Waals surface area contributed by atoms with Crippen molar-refractivity contribution in [2.75, 3.05) is 39.0 Å². The minimum absolute atomic E-state index is 0.268. The number of hydrogen-bond donors (Lipinski definition) is 1. The molecule has 24 heavy (non-hydrogen) atoms. The summed E-state index contributed by atoms with van der Waals surface area (Å²) >= 11 is 0. The number of nitrogens with two attached hydrogens (primary N) is 1. The molecule has 132 valence electrons. The van der Waals surface area contributed by atoms with Crippen LogP contribution in [0.1, 0.15) is 32.8 Å². The highest BCUT2D eigenvalue weighted by molar-refractivity contribution is 5.69. The molecule has 5 nitrogen and oxygen atoms in total. The Morgan fingerprint density at radius 3 is 2.71 bits per heavy atom. The van der Waals surface area contributed by atoms with Crippen molar-refractivity contribution in [2.45, 2.75) is 32.8 Å². The number of likely N-dealkylation sites (N-methyl/N-ethyl adjacent to an activating group) is 1. The number of carbonyl (C=O) groups is 1. The van der Waals surface area contributed by atoms with Gasteiger partial charge in [0.25, 0.3) is 0 Å². The van der Waals surface area contributed by atoms with E-state index in [0.29, 0.717) is 6.54 Å². The second-order valence-corrected chi connectivity index (χ2v) is 7.31. The van der Waals surface area contributed by atoms with Crippen LogP contribution in [0, 0.1) is 0 Å². The summed E-state index contributed by atoms with van der Waals surface area (Å²) < 4.78 is 5.37. The van der Waals surface area contributed by atoms with E-state index in [9.17, 15) is 4.79 Å². The molecule has 1 aromatic carbocycles. The lowest BCUT2D eigenvalue weighted by molar-refractivity contribution is 0.0285. The van der Waals surface area contributed by atoms with Gasteiger partial charge in [-0.25, -0.2) is 4.79 Å². The van der Waals surface area contributed by atoms with E-state index >= 15 is 0 Å². The third-order valence-corrected chi connectivity index (χ3v) is 4.01. The van der Waals surface area contributed by atoms with Crippen molar-refractivity contribution in [1.82, 2.24) is 9.80 Å². The van der Waals surface area contributed by atoms with Crippen molar-refractivity contribution in [1.29, 1.82) is 0 Å². The van der Waals surface area contributed by atoms with Crippen LogP contribution in [0.25, 0.3) is 5.57 Å². The van der Waals surface area contributed by atoms with Gasteiger partial charge in [-0.15, -0.1) is 0 Å². The Morgan fingerprint density at radius 2 is 2.12 bits per heavy atom. The quantitative estimate of drug-likeness (QED) is 0.861. The molecular formula is C19H29N3O2. The van der Waals surface area contributed by atoms with Gasteiger partial charge in [0.05, 0.1) is 0 Å². The fraction of sp³-hybridized carbons (Fsp3) is 0.526. The number of benzene rings is 1. The van der Waals surface area contributed by atoms with Crippen LogP contribution in [0.5, 0.6) is 0 Å². The van der Waals surface area contributed by atoms with E-state index in [1.807, 2.05) is 39.0 Å². The SMILES string of the molecule is CN(CCN1CC=C(c2cccc(N)c2)CC1)C(=O)OC(C)(C)C. The van der Waals surface area contributed by atoms with Gasteiger partial charge >= 0.3 is 6.09 Å². The molecule has 0 spiro atoms. The Morgan fingerprint density at radius 1 is 1.38 bits per heavy atom. The molecule has 5 heteroatoms. The highest BCUT2D eigenvalue weighted by atomic mass is 16.6. The molecule has 0 saturated heterocycles. The molecule has 0 saturated carbocycles. The number of nitrogen functional groups attached to an aromatic ring is 1. The maximum absolute atomic E-state index is 12.0. The molecular weight excluding hydrogens is 302 g/mol. The topological polar surface area (TPSA) is 58.8 Å². The van der Waals surface area contributed by atoms with Gasteiger partial charge in [-0.05, 0) is 50.5 Å². The van der Waals surface area contributed by atoms with Crippen molar-refractivity contribution >= 4 is 17.4 Å². The normalized spacial score (nSPS) is 15.8. The average molecular weight is 331 g/mol. The fourth-order valence-electron chi connectivity index (χ4n) is 2.64. The molecule has 0 unspecified atom stereocenters. The van der Waals surface area contributed by atoms with Crippen molar-refractivity contribution in [3.05, 3.63) is 35.9 Å². The first-order chi connectivity index (χ1) is 11.2. The molecule has 0 bridgehead atoms. The average Bonchev–Trinajstić information content (AvgIpc) is 2.51. The van der Waals surface area contributed by atoms with Gasteiger partial charge in [-0.2, -0.15) is 0 Å². The molecule has 1 aromatic rings. The first-order valence-corrected chi connectivity index (χ1v) is 8.46. The number of hydrogen-bond acceptors (Lipinski definition) is 4. The van der Waals surface area contributed by atoms with Crippen molar-refractivity contribution in [2.24, 2.45) is 0 Å². The number of ether oxygens (including phenoxy) is 1. The second kappa shape index (κ2) is 7.71. The van der Waals surface area contributed by atoms with Crippen LogP contribution in [0.2, 0.25) is 0 Å². The zero-order chi connectivity index (χ0) is 17.7. The molecule has 0 fully saturated rings. The highest BCUT2D eigenvalue weighted by Crippen LogP contribution is 2.23. The minimum Gasteiger partial charge on any atom is -0.444 e. The second-order valence-electron chi connectivity index (χ2n) is 7.31. The van der Waals surface area contributed by atoms with Gasteiger partial charge < -0.3 is 15.4 Å². The zero-order valence-electron chi connectivity index (χ0n) is 15.2. The molecule has 2 rings (SSSR count). The lowest BCUT2D eigenvalue weighted by Gasteiger charge is -2.29. The first kappa shape index (κ1) is 18.3. The van der Waals surface area contributed by atoms with Gasteiger partial charge in [0.15, 0.2) is 0 Å². The monoisotopic (exact) mass is 331 g/mol. The summed E-state index contributed by atoms with van der Waals surface area (Å²) in [6.45, 7) is 9.03. The fourth-order valence-corrected chi connectivity index (χ4v) is 2.64. The van der Waals surface area contributed by atoms with Crippen LogP contribution in [-0.2, 0) is 4.74 Å². The van der Waals surface area contributed by atoms with Crippen molar-refractivity contribution in [3.63, 3.8) is 0 Å². The number of nitrogens with zero attached hydrogens (tertiary/aromatic N) is 2. The van der Waals surface area contributed by atoms with Crippen molar-refractivity contribution < 1.29 is 9.53 Å². The number of amides is 1. The number of anilines is 1. The largest absolute Gasteiger partial charge is 0.444 e. The molecule has 2 N–H and O–H groups in total. The summed E-state index contributed by atoms with van der Waals surface area (Å²) in [5.74, 6) is 0. The van der Waals surface area contributed by atoms with E-state index in [1.165, 1.54) is 11.1 Å². The van der Waals surface area contributed by atoms with Crippen molar-refractivity contribution in [3.8, 4) is 0 Å². The van der Waals surface area contributed by atoms with Gasteiger partial charge in [-0.3, -0.25) is 4.90 Å². The Hall–Kier alpha value is -2.01. The van der Waals surface area contributed by atoms with E-state index in [0.717, 1.165) is 31.7 Å². The van der Waals surface area contributed by atoms with Crippen LogP contribution in [-0.4, -0.2) is 54.7 Å². The minimum atomic E-state index is -0.453. The molecule has 0 radical (unpaired) electrons. The molecule has 1 amide bonds. The highest BCUT2D eigenvalue weighted by Gasteiger charge is 2.20. The van der Waals surface area contributed by atoms with Gasteiger partial charge in [0.1, 0.15) is 5.60 Å². The molecule has 1 heterocycles. The Kier molecular flexibility index (Phi) is 5.89. The lowest BCUT2D eigenvalue weighted by atomic mass is 9.99. The lowest BCUT2D eigenvalue weighted by Crippen LogP contribution is -2.40. The van der Waals surface area contributed by atoms with Crippen LogP contribution >= 0.6 is 0 Å². The third-order valence-electron chi connectivity index (χ3n) is 4.01. The summed E-state index contributed by atoms with van der Waals surface area (Å²) in [4.78, 5) is 15.9. The van der Waals surface area contributed by atoms with E-state index in [2.05, 4.69) is 17.0 Å². The predicted molar refractivity (Wildman–Crippen MR) is 98.8 cm³/mol. The standard InChI is InChI=1S/C19H29N3O2/c1-19(2,3)24-18(23)21(4)12-13-22-10-8-15(9-11-22)16-6-5-7-17(20)14-16/h5-8,14H,9-13,20H2,1-4H3. The van der Waals surface area contributed by atoms with E-state index in [1.54, 1.807) is 11.9 Å². The third kappa shape index (κ3) is 5.57. The summed E-state index contributed by atoms with van der Waals surface area (Å²) in [5.41, 5.74) is 8.76. The number of carbonyl (C=O) groups excluding carboxylic acids is 1. The Labute approximate surface area is 145 Å². The maximum Gasteiger partial charge on any atom is 0.410 e. The van der Waals surface area contributed by atoms with Crippen LogP contribution < -0.4 is 5.73 Å². The maximum atomic E-state index is 12.0. The van der Waals surface area contributed by atoms with E-state index in [-0.39, 0.29) is 6.09 Å². The van der Waals surface area contributed by atoms with Gasteiger partial charge in [-0.1, -0.05) is 18.2 Å². The molecule has 0 atom stereocenters. The zero-order valence-corrected chi connectivity index (χ0v) is 15.2. The van der Waals surface area contributed by atoms with Crippen LogP contribution in [0.15, 0.2) is 30.3 Å². The predicted octanol–water partition coefficient (Wildman–Crippen LogP) is 3.22. The van der Waals surface area contributed by atoms with Gasteiger partial charge in [0, 0.05) is 38.9 Å². The molecule has 1 aliphatic heterocycles. The number of rotatable bonds is 4. The summed E-state index contributed by atoms with van der Waals surface area (Å²) in [6, 6.07) is 8.03. The molecule has 1 aliphatic rings. The molecule has 0 aromatic heterocycles. The van der Waals surface area contributed by atoms with Gasteiger partial charge in [0.2, 0.25) is 0 Å². The van der Waals surface area contributed by atoms with Crippen LogP contribution in [0.3, 0.4) is 0 Å². The smallest absolute Gasteiger partial charge is 0.410 e.